The van der Waals surface area contributed by atoms with Crippen molar-refractivity contribution in [3.05, 3.63) is 168 Å². The zero-order chi connectivity index (χ0) is 37.4. The van der Waals surface area contributed by atoms with Crippen LogP contribution in [0.4, 0.5) is 0 Å². The van der Waals surface area contributed by atoms with Crippen molar-refractivity contribution in [2.24, 2.45) is 0 Å². The van der Waals surface area contributed by atoms with Crippen molar-refractivity contribution in [1.82, 2.24) is 0 Å². The van der Waals surface area contributed by atoms with Gasteiger partial charge in [0, 0.05) is 16.7 Å². The van der Waals surface area contributed by atoms with E-state index in [1.54, 1.807) is 55.1 Å². The highest BCUT2D eigenvalue weighted by Gasteiger charge is 2.05. The number of Topliss-reactive ketones (excluding diaryl/α,β-unsaturated/α-hetero) is 3. The monoisotopic (exact) mass is 760 g/mol. The minimum Gasteiger partial charge on any atom is -0.508 e. The van der Waals surface area contributed by atoms with Crippen molar-refractivity contribution >= 4 is 67.0 Å². The molecule has 0 atom stereocenters. The topological polar surface area (TPSA) is 80.7 Å². The number of ketones is 3. The molecule has 0 aliphatic rings. The molecule has 9 heteroatoms. The Balaban J connectivity index is 0.000000338. The third kappa shape index (κ3) is 24.0. The van der Waals surface area contributed by atoms with E-state index in [0.29, 0.717) is 22.8 Å². The molecule has 0 aliphatic carbocycles. The number of ether oxygens (including phenoxy) is 1. The van der Waals surface area contributed by atoms with Crippen LogP contribution in [0.1, 0.15) is 50.8 Å². The largest absolute Gasteiger partial charge is 0.508 e. The van der Waals surface area contributed by atoms with Crippen LogP contribution < -0.4 is 4.74 Å². The minimum atomic E-state index is -0.00977. The summed E-state index contributed by atoms with van der Waals surface area (Å²) in [5, 5.41) is 8.63. The summed E-state index contributed by atoms with van der Waals surface area (Å²) in [7, 11) is 0. The molecular weight excluding hydrogens is 713 g/mol. The lowest BCUT2D eigenvalue weighted by Crippen LogP contribution is -2.11. The van der Waals surface area contributed by atoms with Crippen molar-refractivity contribution in [2.45, 2.75) is 19.8 Å². The summed E-state index contributed by atoms with van der Waals surface area (Å²) in [6.45, 7) is 1.64. The van der Waals surface area contributed by atoms with Gasteiger partial charge in [-0.3, -0.25) is 14.4 Å². The summed E-state index contributed by atoms with van der Waals surface area (Å²) in [6.07, 6.45) is 2.18. The third-order valence-corrected chi connectivity index (χ3v) is 8.23. The zero-order valence-electron chi connectivity index (χ0n) is 28.9. The molecule has 5 aromatic carbocycles. The van der Waals surface area contributed by atoms with Crippen LogP contribution in [0, 0.1) is 0 Å². The van der Waals surface area contributed by atoms with Gasteiger partial charge in [-0.15, -0.1) is 0 Å². The molecule has 0 heterocycles. The van der Waals surface area contributed by atoms with Gasteiger partial charge in [0.25, 0.3) is 0 Å². The van der Waals surface area contributed by atoms with Gasteiger partial charge in [0.15, 0.2) is 24.0 Å². The Bertz CT molecular complexity index is 1570. The lowest BCUT2D eigenvalue weighted by atomic mass is 10.1. The second-order valence-corrected chi connectivity index (χ2v) is 12.8. The number of thiol groups is 3. The van der Waals surface area contributed by atoms with Gasteiger partial charge in [-0.2, -0.15) is 49.6 Å². The van der Waals surface area contributed by atoms with E-state index in [9.17, 15) is 14.4 Å². The number of thioether (sulfide) groups is 1. The van der Waals surface area contributed by atoms with E-state index in [1.165, 1.54) is 0 Å². The number of hydrogen-bond donors (Lipinski definition) is 4. The van der Waals surface area contributed by atoms with E-state index >= 15 is 0 Å². The maximum absolute atomic E-state index is 11.7. The molecule has 5 aromatic rings. The highest BCUT2D eigenvalue weighted by molar-refractivity contribution is 8.00. The Hall–Kier alpha value is -3.89. The Morgan fingerprint density at radius 3 is 1.29 bits per heavy atom. The van der Waals surface area contributed by atoms with E-state index < -0.39 is 0 Å². The van der Waals surface area contributed by atoms with Crippen LogP contribution in [0.2, 0.25) is 0 Å². The number of carbonyl (C=O) groups is 3. The SMILES string of the molecule is CC(=O)c1ccccc1.O=C(COc1ccccc1)c1ccccc1.O=C(CSCCCS)c1ccccc1.Oc1ccccc1.SCCCS. The number of para-hydroxylation sites is 2. The molecule has 0 aromatic heterocycles. The van der Waals surface area contributed by atoms with Crippen LogP contribution in [-0.2, 0) is 0 Å². The standard InChI is InChI=1S/C14H12O2.C11H14OS2.C8H8O.C6H6O.C3H8S2/c15-14(12-7-3-1-4-8-12)11-16-13-9-5-2-6-10-13;12-11(9-14-8-4-7-13)10-5-2-1-3-6-10;1-7(9)8-5-3-2-4-6-8;7-6-4-2-1-3-5-6;4-2-1-3-5/h1-10H,11H2;1-3,5-6,13H,4,7-9H2;2-6H,1H3;1-5,7H;4-5H,1-3H2. The number of phenolic OH excluding ortho intramolecular Hbond substituents is 1. The van der Waals surface area contributed by atoms with Crippen molar-refractivity contribution in [3.8, 4) is 11.5 Å². The van der Waals surface area contributed by atoms with E-state index in [2.05, 4.69) is 37.9 Å². The number of aromatic hydroxyl groups is 1. The van der Waals surface area contributed by atoms with Crippen molar-refractivity contribution in [2.75, 3.05) is 35.4 Å². The van der Waals surface area contributed by atoms with Gasteiger partial charge in [-0.05, 0) is 67.0 Å². The molecule has 0 saturated carbocycles. The first-order valence-electron chi connectivity index (χ1n) is 16.4. The predicted octanol–water partition coefficient (Wildman–Crippen LogP) is 10.4. The van der Waals surface area contributed by atoms with Gasteiger partial charge in [0.05, 0.1) is 5.75 Å². The molecule has 5 rings (SSSR count). The van der Waals surface area contributed by atoms with Crippen LogP contribution in [-0.4, -0.2) is 57.8 Å². The highest BCUT2D eigenvalue weighted by atomic mass is 32.2. The molecule has 0 radical (unpaired) electrons. The minimum absolute atomic E-state index is 0.00977. The van der Waals surface area contributed by atoms with Crippen LogP contribution in [0.5, 0.6) is 11.5 Å². The number of phenols is 1. The third-order valence-electron chi connectivity index (χ3n) is 6.24. The summed E-state index contributed by atoms with van der Waals surface area (Å²) >= 11 is 13.7. The number of carbonyl (C=O) groups excluding carboxylic acids is 3. The van der Waals surface area contributed by atoms with E-state index in [1.807, 2.05) is 115 Å². The van der Waals surface area contributed by atoms with Crippen LogP contribution >= 0.6 is 49.6 Å². The van der Waals surface area contributed by atoms with Crippen molar-refractivity contribution < 1.29 is 24.2 Å². The number of hydrogen-bond acceptors (Lipinski definition) is 9. The quantitative estimate of drug-likeness (QED) is 0.0544. The molecule has 0 amide bonds. The van der Waals surface area contributed by atoms with E-state index in [-0.39, 0.29) is 24.0 Å². The molecule has 0 saturated heterocycles. The number of rotatable bonds is 13. The van der Waals surface area contributed by atoms with Crippen LogP contribution in [0.3, 0.4) is 0 Å². The summed E-state index contributed by atoms with van der Waals surface area (Å²) in [6, 6.07) is 45.8. The van der Waals surface area contributed by atoms with Gasteiger partial charge in [-0.1, -0.05) is 127 Å². The van der Waals surface area contributed by atoms with Crippen molar-refractivity contribution in [1.29, 1.82) is 0 Å². The predicted molar refractivity (Wildman–Crippen MR) is 226 cm³/mol. The molecule has 270 valence electrons. The summed E-state index contributed by atoms with van der Waals surface area (Å²) in [5.74, 6) is 5.78. The average molecular weight is 761 g/mol. The van der Waals surface area contributed by atoms with Gasteiger partial charge < -0.3 is 9.84 Å². The molecule has 0 bridgehead atoms. The molecule has 0 unspecified atom stereocenters. The Labute approximate surface area is 324 Å². The summed E-state index contributed by atoms with van der Waals surface area (Å²) in [5.41, 5.74) is 2.27. The fraction of sp³-hybridized carbons (Fsp3) is 0.214. The molecule has 0 spiro atoms. The Kier molecular flexibility index (Phi) is 27.3. The van der Waals surface area contributed by atoms with Gasteiger partial charge in [0.2, 0.25) is 0 Å². The smallest absolute Gasteiger partial charge is 0.200 e. The Morgan fingerprint density at radius 2 is 0.941 bits per heavy atom. The average Bonchev–Trinajstić information content (AvgIpc) is 3.18. The molecule has 0 aliphatic heterocycles. The molecule has 1 N–H and O–H groups in total. The van der Waals surface area contributed by atoms with E-state index in [0.717, 1.165) is 47.0 Å². The normalized spacial score (nSPS) is 9.41. The first kappa shape index (κ1) is 45.1. The lowest BCUT2D eigenvalue weighted by Gasteiger charge is -2.04. The summed E-state index contributed by atoms with van der Waals surface area (Å²) in [4.78, 5) is 33.9. The molecular formula is C42H48O5S4. The van der Waals surface area contributed by atoms with Crippen molar-refractivity contribution in [3.63, 3.8) is 0 Å². The first-order valence-corrected chi connectivity index (χ1v) is 19.4. The number of benzene rings is 5. The maximum Gasteiger partial charge on any atom is 0.200 e. The highest BCUT2D eigenvalue weighted by Crippen LogP contribution is 2.10. The second-order valence-electron chi connectivity index (χ2n) is 10.4. The zero-order valence-corrected chi connectivity index (χ0v) is 32.4. The molecule has 0 fully saturated rings. The van der Waals surface area contributed by atoms with Gasteiger partial charge >= 0.3 is 0 Å². The summed E-state index contributed by atoms with van der Waals surface area (Å²) < 4.78 is 5.37. The van der Waals surface area contributed by atoms with E-state index in [4.69, 9.17) is 9.84 Å². The molecule has 51 heavy (non-hydrogen) atoms. The first-order chi connectivity index (χ1) is 24.8. The lowest BCUT2D eigenvalue weighted by molar-refractivity contribution is 0.0920. The van der Waals surface area contributed by atoms with Crippen LogP contribution in [0.25, 0.3) is 0 Å². The fourth-order valence-electron chi connectivity index (χ4n) is 3.58. The molecule has 5 nitrogen and oxygen atoms in total. The Morgan fingerprint density at radius 1 is 0.549 bits per heavy atom. The fourth-order valence-corrected chi connectivity index (χ4v) is 5.37. The van der Waals surface area contributed by atoms with Gasteiger partial charge in [-0.25, -0.2) is 0 Å². The second kappa shape index (κ2) is 30.9. The van der Waals surface area contributed by atoms with Gasteiger partial charge in [0.1, 0.15) is 11.5 Å². The maximum atomic E-state index is 11.7. The van der Waals surface area contributed by atoms with Crippen LogP contribution in [0.15, 0.2) is 152 Å².